The van der Waals surface area contributed by atoms with E-state index in [4.69, 9.17) is 4.98 Å². The van der Waals surface area contributed by atoms with E-state index in [9.17, 15) is 4.79 Å². The molecular weight excluding hydrogens is 430 g/mol. The normalized spacial score (nSPS) is 11.1. The molecule has 1 N–H and O–H groups in total. The van der Waals surface area contributed by atoms with E-state index in [-0.39, 0.29) is 5.91 Å². The number of aromatic nitrogens is 2. The molecule has 0 aliphatic heterocycles. The highest BCUT2D eigenvalue weighted by atomic mass is 32.1. The fraction of sp³-hybridized carbons (Fsp3) is 0.0870. The second-order valence-electron chi connectivity index (χ2n) is 6.82. The summed E-state index contributed by atoms with van der Waals surface area (Å²) in [6.07, 6.45) is 0. The molecule has 4 heterocycles. The minimum absolute atomic E-state index is 0.174. The van der Waals surface area contributed by atoms with Gasteiger partial charge in [-0.05, 0) is 48.4 Å². The van der Waals surface area contributed by atoms with E-state index in [1.54, 1.807) is 22.7 Å². The summed E-state index contributed by atoms with van der Waals surface area (Å²) in [5.74, 6) is -0.174. The SMILES string of the molecule is Cc1nc2ccccc2c(C)c1C(=O)Nc1nc(-c2cccs2)c(-c2cccs2)s1. The number of nitrogens with zero attached hydrogens (tertiary/aromatic N) is 2. The molecule has 5 aromatic rings. The van der Waals surface area contributed by atoms with Gasteiger partial charge in [0.2, 0.25) is 0 Å². The van der Waals surface area contributed by atoms with Gasteiger partial charge < -0.3 is 0 Å². The van der Waals surface area contributed by atoms with Crippen LogP contribution < -0.4 is 5.32 Å². The van der Waals surface area contributed by atoms with Gasteiger partial charge in [-0.2, -0.15) is 0 Å². The van der Waals surface area contributed by atoms with Gasteiger partial charge in [0.15, 0.2) is 5.13 Å². The average Bonchev–Trinajstić information content (AvgIpc) is 3.49. The van der Waals surface area contributed by atoms with E-state index in [1.165, 1.54) is 11.3 Å². The van der Waals surface area contributed by atoms with E-state index >= 15 is 0 Å². The van der Waals surface area contributed by atoms with Crippen LogP contribution in [0.2, 0.25) is 0 Å². The third-order valence-corrected chi connectivity index (χ3v) is 7.80. The number of anilines is 1. The molecule has 7 heteroatoms. The second kappa shape index (κ2) is 7.75. The lowest BCUT2D eigenvalue weighted by Crippen LogP contribution is -2.16. The van der Waals surface area contributed by atoms with Crippen molar-refractivity contribution in [3.8, 4) is 20.3 Å². The zero-order valence-electron chi connectivity index (χ0n) is 16.3. The van der Waals surface area contributed by atoms with Gasteiger partial charge in [0.25, 0.3) is 5.91 Å². The molecule has 0 aliphatic rings. The van der Waals surface area contributed by atoms with Gasteiger partial charge in [0, 0.05) is 10.3 Å². The number of aryl methyl sites for hydroxylation is 2. The number of para-hydroxylation sites is 1. The maximum Gasteiger partial charge on any atom is 0.259 e. The number of hydrogen-bond acceptors (Lipinski definition) is 6. The summed E-state index contributed by atoms with van der Waals surface area (Å²) in [4.78, 5) is 25.9. The first-order valence-electron chi connectivity index (χ1n) is 9.37. The van der Waals surface area contributed by atoms with Crippen molar-refractivity contribution in [1.29, 1.82) is 0 Å². The minimum Gasteiger partial charge on any atom is -0.298 e. The Morgan fingerprint density at radius 1 is 0.900 bits per heavy atom. The first-order chi connectivity index (χ1) is 14.6. The summed E-state index contributed by atoms with van der Waals surface area (Å²) in [6.45, 7) is 3.85. The molecule has 1 amide bonds. The highest BCUT2D eigenvalue weighted by Crippen LogP contribution is 2.42. The summed E-state index contributed by atoms with van der Waals surface area (Å²) in [5.41, 5.74) is 4.08. The molecule has 0 bridgehead atoms. The first kappa shape index (κ1) is 19.1. The number of hydrogen-bond donors (Lipinski definition) is 1. The van der Waals surface area contributed by atoms with E-state index in [0.29, 0.717) is 10.7 Å². The lowest BCUT2D eigenvalue weighted by Gasteiger charge is -2.11. The van der Waals surface area contributed by atoms with Crippen molar-refractivity contribution in [2.75, 3.05) is 5.32 Å². The van der Waals surface area contributed by atoms with Gasteiger partial charge in [-0.25, -0.2) is 4.98 Å². The molecule has 0 radical (unpaired) electrons. The number of rotatable bonds is 4. The molecule has 0 saturated carbocycles. The van der Waals surface area contributed by atoms with Crippen molar-refractivity contribution in [3.05, 3.63) is 76.1 Å². The largest absolute Gasteiger partial charge is 0.298 e. The van der Waals surface area contributed by atoms with Crippen molar-refractivity contribution in [2.45, 2.75) is 13.8 Å². The van der Waals surface area contributed by atoms with Crippen molar-refractivity contribution < 1.29 is 4.79 Å². The zero-order valence-corrected chi connectivity index (χ0v) is 18.8. The number of thiophene rings is 2. The molecule has 0 aliphatic carbocycles. The van der Waals surface area contributed by atoms with Crippen molar-refractivity contribution in [1.82, 2.24) is 9.97 Å². The molecule has 5 rings (SSSR count). The third-order valence-electron chi connectivity index (χ3n) is 4.91. The molecule has 1 aromatic carbocycles. The maximum absolute atomic E-state index is 13.2. The highest BCUT2D eigenvalue weighted by molar-refractivity contribution is 7.24. The molecule has 0 atom stereocenters. The van der Waals surface area contributed by atoms with Crippen molar-refractivity contribution in [2.24, 2.45) is 0 Å². The van der Waals surface area contributed by atoms with Crippen molar-refractivity contribution in [3.63, 3.8) is 0 Å². The van der Waals surface area contributed by atoms with Crippen LogP contribution in [0.5, 0.6) is 0 Å². The fourth-order valence-electron chi connectivity index (χ4n) is 3.55. The number of carbonyl (C=O) groups is 1. The number of amides is 1. The van der Waals surface area contributed by atoms with E-state index in [1.807, 2.05) is 55.6 Å². The molecule has 0 spiro atoms. The lowest BCUT2D eigenvalue weighted by molar-refractivity contribution is 0.102. The molecular formula is C23H17N3OS3. The first-order valence-corrected chi connectivity index (χ1v) is 12.0. The number of pyridine rings is 1. The number of carbonyl (C=O) groups excluding carboxylic acids is 1. The van der Waals surface area contributed by atoms with E-state index in [0.717, 1.165) is 42.5 Å². The average molecular weight is 448 g/mol. The molecule has 0 fully saturated rings. The topological polar surface area (TPSA) is 54.9 Å². The van der Waals surface area contributed by atoms with Crippen LogP contribution in [0.4, 0.5) is 5.13 Å². The van der Waals surface area contributed by atoms with Gasteiger partial charge >= 0.3 is 0 Å². The predicted molar refractivity (Wildman–Crippen MR) is 128 cm³/mol. The Labute approximate surface area is 185 Å². The Kier molecular flexibility index (Phi) is 4.94. The van der Waals surface area contributed by atoms with Crippen LogP contribution >= 0.6 is 34.0 Å². The van der Waals surface area contributed by atoms with E-state index in [2.05, 4.69) is 27.8 Å². The van der Waals surface area contributed by atoms with Crippen molar-refractivity contribution >= 4 is 56.0 Å². The Morgan fingerprint density at radius 3 is 2.37 bits per heavy atom. The smallest absolute Gasteiger partial charge is 0.259 e. The Morgan fingerprint density at radius 2 is 1.63 bits per heavy atom. The van der Waals surface area contributed by atoms with Crippen LogP contribution in [0.15, 0.2) is 59.3 Å². The van der Waals surface area contributed by atoms with Crippen LogP contribution in [-0.4, -0.2) is 15.9 Å². The predicted octanol–water partition coefficient (Wildman–Crippen LogP) is 7.02. The van der Waals surface area contributed by atoms with Crippen LogP contribution in [0.3, 0.4) is 0 Å². The molecule has 0 unspecified atom stereocenters. The fourth-order valence-corrected chi connectivity index (χ4v) is 6.17. The van der Waals surface area contributed by atoms with Gasteiger partial charge in [-0.1, -0.05) is 41.7 Å². The molecule has 4 aromatic heterocycles. The standard InChI is InChI=1S/C23H17N3OS3/c1-13-15-7-3-4-8-16(15)24-14(2)19(13)22(27)26-23-25-20(17-9-5-11-28-17)21(30-23)18-10-6-12-29-18/h3-12H,1-2H3,(H,25,26,27). The molecule has 0 saturated heterocycles. The summed E-state index contributed by atoms with van der Waals surface area (Å²) in [7, 11) is 0. The highest BCUT2D eigenvalue weighted by Gasteiger charge is 2.21. The van der Waals surface area contributed by atoms with Gasteiger partial charge in [0.1, 0.15) is 5.69 Å². The summed E-state index contributed by atoms with van der Waals surface area (Å²) in [5, 5.41) is 8.71. The minimum atomic E-state index is -0.174. The summed E-state index contributed by atoms with van der Waals surface area (Å²) in [6, 6.07) is 16.1. The van der Waals surface area contributed by atoms with E-state index < -0.39 is 0 Å². The van der Waals surface area contributed by atoms with Crippen LogP contribution in [0, 0.1) is 13.8 Å². The number of thiazole rings is 1. The van der Waals surface area contributed by atoms with Crippen LogP contribution in [0.1, 0.15) is 21.6 Å². The second-order valence-corrected chi connectivity index (χ2v) is 9.71. The Bertz CT molecular complexity index is 1300. The monoisotopic (exact) mass is 447 g/mol. The Hall–Kier alpha value is -2.87. The maximum atomic E-state index is 13.2. The number of nitrogens with one attached hydrogen (secondary N) is 1. The molecule has 30 heavy (non-hydrogen) atoms. The summed E-state index contributed by atoms with van der Waals surface area (Å²) >= 11 is 4.83. The Balaban J connectivity index is 1.55. The number of fused-ring (bicyclic) bond motifs is 1. The third kappa shape index (κ3) is 3.35. The quantitative estimate of drug-likeness (QED) is 0.322. The summed E-state index contributed by atoms with van der Waals surface area (Å²) < 4.78 is 0. The van der Waals surface area contributed by atoms with Gasteiger partial charge in [-0.15, -0.1) is 22.7 Å². The van der Waals surface area contributed by atoms with Crippen LogP contribution in [-0.2, 0) is 0 Å². The lowest BCUT2D eigenvalue weighted by atomic mass is 10.0. The number of benzene rings is 1. The van der Waals surface area contributed by atoms with Crippen LogP contribution in [0.25, 0.3) is 31.2 Å². The zero-order chi connectivity index (χ0) is 20.7. The van der Waals surface area contributed by atoms with Gasteiger partial charge in [0.05, 0.1) is 26.5 Å². The molecule has 4 nitrogen and oxygen atoms in total. The molecule has 148 valence electrons. The van der Waals surface area contributed by atoms with Gasteiger partial charge in [-0.3, -0.25) is 15.1 Å².